The smallest absolute Gasteiger partial charge is 0.163 e. The molecule has 22 heavy (non-hydrogen) atoms. The topological polar surface area (TPSA) is 26.3 Å². The molecule has 1 aliphatic rings. The van der Waals surface area contributed by atoms with Crippen molar-refractivity contribution in [2.75, 3.05) is 6.61 Å². The van der Waals surface area contributed by atoms with Crippen molar-refractivity contribution in [1.29, 1.82) is 0 Å². The van der Waals surface area contributed by atoms with Gasteiger partial charge in [0.25, 0.3) is 0 Å². The Hall–Kier alpha value is -1.83. The van der Waals surface area contributed by atoms with E-state index in [9.17, 15) is 4.79 Å². The average Bonchev–Trinajstić information content (AvgIpc) is 2.55. The second-order valence-corrected chi connectivity index (χ2v) is 6.36. The highest BCUT2D eigenvalue weighted by atomic mass is 16.5. The van der Waals surface area contributed by atoms with Crippen LogP contribution in [0.2, 0.25) is 0 Å². The summed E-state index contributed by atoms with van der Waals surface area (Å²) in [6.07, 6.45) is 7.86. The van der Waals surface area contributed by atoms with E-state index in [0.29, 0.717) is 12.2 Å². The van der Waals surface area contributed by atoms with Crippen LogP contribution < -0.4 is 4.74 Å². The fraction of sp³-hybridized carbons (Fsp3) is 0.450. The van der Waals surface area contributed by atoms with Crippen LogP contribution in [0.4, 0.5) is 0 Å². The van der Waals surface area contributed by atoms with Crippen LogP contribution in [0.5, 0.6) is 5.75 Å². The normalized spacial score (nSPS) is 15.9. The van der Waals surface area contributed by atoms with Gasteiger partial charge in [0.2, 0.25) is 0 Å². The quantitative estimate of drug-likeness (QED) is 0.691. The van der Waals surface area contributed by atoms with Crippen LogP contribution in [0.25, 0.3) is 10.8 Å². The van der Waals surface area contributed by atoms with E-state index in [1.807, 2.05) is 30.3 Å². The lowest BCUT2D eigenvalue weighted by Crippen LogP contribution is -2.12. The zero-order chi connectivity index (χ0) is 15.4. The first kappa shape index (κ1) is 15.1. The minimum absolute atomic E-state index is 0.0680. The Kier molecular flexibility index (Phi) is 4.77. The molecule has 2 heteroatoms. The van der Waals surface area contributed by atoms with Gasteiger partial charge in [-0.25, -0.2) is 0 Å². The van der Waals surface area contributed by atoms with Gasteiger partial charge in [0.1, 0.15) is 5.75 Å². The lowest BCUT2D eigenvalue weighted by atomic mass is 9.87. The van der Waals surface area contributed by atoms with Gasteiger partial charge in [-0.3, -0.25) is 4.79 Å². The Balaban J connectivity index is 1.78. The molecule has 2 aromatic rings. The van der Waals surface area contributed by atoms with Gasteiger partial charge >= 0.3 is 0 Å². The second kappa shape index (κ2) is 6.95. The second-order valence-electron chi connectivity index (χ2n) is 6.36. The SMILES string of the molecule is CC(=O)c1ccc2ccccc2c1OCCC1CCCCC1. The monoisotopic (exact) mass is 296 g/mol. The molecule has 0 spiro atoms. The van der Waals surface area contributed by atoms with Crippen molar-refractivity contribution in [2.24, 2.45) is 5.92 Å². The lowest BCUT2D eigenvalue weighted by molar-refractivity contribution is 0.101. The molecule has 116 valence electrons. The molecule has 0 aromatic heterocycles. The van der Waals surface area contributed by atoms with E-state index in [4.69, 9.17) is 4.74 Å². The molecule has 0 unspecified atom stereocenters. The largest absolute Gasteiger partial charge is 0.492 e. The van der Waals surface area contributed by atoms with Crippen LogP contribution >= 0.6 is 0 Å². The predicted molar refractivity (Wildman–Crippen MR) is 90.6 cm³/mol. The number of carbonyl (C=O) groups excluding carboxylic acids is 1. The van der Waals surface area contributed by atoms with Gasteiger partial charge in [0.15, 0.2) is 5.78 Å². The van der Waals surface area contributed by atoms with Crippen molar-refractivity contribution < 1.29 is 9.53 Å². The average molecular weight is 296 g/mol. The van der Waals surface area contributed by atoms with E-state index in [2.05, 4.69) is 6.07 Å². The van der Waals surface area contributed by atoms with Gasteiger partial charge in [-0.15, -0.1) is 0 Å². The first-order valence-corrected chi connectivity index (χ1v) is 8.41. The standard InChI is InChI=1S/C20H24O2/c1-15(21)18-12-11-17-9-5-6-10-19(17)20(18)22-14-13-16-7-3-2-4-8-16/h5-6,9-12,16H,2-4,7-8,13-14H2,1H3. The summed E-state index contributed by atoms with van der Waals surface area (Å²) >= 11 is 0. The summed E-state index contributed by atoms with van der Waals surface area (Å²) in [7, 11) is 0. The predicted octanol–water partition coefficient (Wildman–Crippen LogP) is 5.39. The molecule has 2 nitrogen and oxygen atoms in total. The van der Waals surface area contributed by atoms with Crippen LogP contribution in [-0.4, -0.2) is 12.4 Å². The summed E-state index contributed by atoms with van der Waals surface area (Å²) in [4.78, 5) is 11.9. The summed E-state index contributed by atoms with van der Waals surface area (Å²) < 4.78 is 6.09. The molecule has 0 aliphatic heterocycles. The Bertz CT molecular complexity index is 654. The maximum Gasteiger partial charge on any atom is 0.163 e. The van der Waals surface area contributed by atoms with Crippen LogP contribution in [0.1, 0.15) is 55.8 Å². The third kappa shape index (κ3) is 3.32. The highest BCUT2D eigenvalue weighted by molar-refractivity contribution is 6.03. The summed E-state index contributed by atoms with van der Waals surface area (Å²) in [6, 6.07) is 12.0. The van der Waals surface area contributed by atoms with Crippen molar-refractivity contribution in [3.63, 3.8) is 0 Å². The summed E-state index contributed by atoms with van der Waals surface area (Å²) in [5.74, 6) is 1.63. The Morgan fingerprint density at radius 2 is 1.86 bits per heavy atom. The molecule has 0 bridgehead atoms. The van der Waals surface area contributed by atoms with Crippen LogP contribution in [0.15, 0.2) is 36.4 Å². The third-order valence-corrected chi connectivity index (χ3v) is 4.76. The van der Waals surface area contributed by atoms with Gasteiger partial charge in [-0.2, -0.15) is 0 Å². The molecule has 0 amide bonds. The summed E-state index contributed by atoms with van der Waals surface area (Å²) in [5.41, 5.74) is 0.697. The number of fused-ring (bicyclic) bond motifs is 1. The maximum absolute atomic E-state index is 11.9. The van der Waals surface area contributed by atoms with Crippen molar-refractivity contribution in [3.05, 3.63) is 42.0 Å². The fourth-order valence-electron chi connectivity index (χ4n) is 3.48. The van der Waals surface area contributed by atoms with Crippen molar-refractivity contribution in [1.82, 2.24) is 0 Å². The van der Waals surface area contributed by atoms with Gasteiger partial charge in [-0.1, -0.05) is 62.4 Å². The van der Waals surface area contributed by atoms with E-state index in [1.54, 1.807) is 6.92 Å². The molecule has 0 heterocycles. The number of carbonyl (C=O) groups is 1. The lowest BCUT2D eigenvalue weighted by Gasteiger charge is -2.22. The van der Waals surface area contributed by atoms with Gasteiger partial charge in [0, 0.05) is 5.39 Å². The Morgan fingerprint density at radius 3 is 2.64 bits per heavy atom. The number of hydrogen-bond acceptors (Lipinski definition) is 2. The van der Waals surface area contributed by atoms with E-state index in [0.717, 1.165) is 28.9 Å². The van der Waals surface area contributed by atoms with E-state index in [-0.39, 0.29) is 5.78 Å². The van der Waals surface area contributed by atoms with Crippen LogP contribution in [0.3, 0.4) is 0 Å². The van der Waals surface area contributed by atoms with Crippen LogP contribution in [0, 0.1) is 5.92 Å². The fourth-order valence-corrected chi connectivity index (χ4v) is 3.48. The third-order valence-electron chi connectivity index (χ3n) is 4.76. The zero-order valence-electron chi connectivity index (χ0n) is 13.3. The van der Waals surface area contributed by atoms with Gasteiger partial charge < -0.3 is 4.74 Å². The van der Waals surface area contributed by atoms with Crippen molar-refractivity contribution in [2.45, 2.75) is 45.4 Å². The Morgan fingerprint density at radius 1 is 1.09 bits per heavy atom. The number of rotatable bonds is 5. The minimum atomic E-state index is 0.0680. The number of hydrogen-bond donors (Lipinski definition) is 0. The minimum Gasteiger partial charge on any atom is -0.492 e. The molecular weight excluding hydrogens is 272 g/mol. The van der Waals surface area contributed by atoms with Gasteiger partial charge in [0.05, 0.1) is 12.2 Å². The number of Topliss-reactive ketones (excluding diaryl/α,β-unsaturated/α-hetero) is 1. The summed E-state index contributed by atoms with van der Waals surface area (Å²) in [6.45, 7) is 2.32. The highest BCUT2D eigenvalue weighted by Gasteiger charge is 2.16. The first-order chi connectivity index (χ1) is 10.8. The van der Waals surface area contributed by atoms with Crippen LogP contribution in [-0.2, 0) is 0 Å². The molecule has 0 atom stereocenters. The molecule has 0 N–H and O–H groups in total. The van der Waals surface area contributed by atoms with Gasteiger partial charge in [-0.05, 0) is 30.7 Å². The molecule has 3 rings (SSSR count). The zero-order valence-corrected chi connectivity index (χ0v) is 13.3. The molecule has 2 aromatic carbocycles. The van der Waals surface area contributed by atoms with Crippen molar-refractivity contribution >= 4 is 16.6 Å². The van der Waals surface area contributed by atoms with E-state index >= 15 is 0 Å². The molecular formula is C20H24O2. The number of ketones is 1. The van der Waals surface area contributed by atoms with E-state index in [1.165, 1.54) is 32.1 Å². The molecule has 0 saturated heterocycles. The highest BCUT2D eigenvalue weighted by Crippen LogP contribution is 2.31. The summed E-state index contributed by atoms with van der Waals surface area (Å²) in [5, 5.41) is 2.17. The molecule has 1 fully saturated rings. The maximum atomic E-state index is 11.9. The van der Waals surface area contributed by atoms with Crippen molar-refractivity contribution in [3.8, 4) is 5.75 Å². The Labute approximate surface area is 132 Å². The number of benzene rings is 2. The molecule has 1 saturated carbocycles. The first-order valence-electron chi connectivity index (χ1n) is 8.41. The molecule has 0 radical (unpaired) electrons. The van der Waals surface area contributed by atoms with E-state index < -0.39 is 0 Å². The number of ether oxygens (including phenoxy) is 1. The molecule has 1 aliphatic carbocycles.